The Hall–Kier alpha value is -1.41. The summed E-state index contributed by atoms with van der Waals surface area (Å²) in [5, 5.41) is 0. The fraction of sp³-hybridized carbons (Fsp3) is 0.529. The molecule has 4 nitrogen and oxygen atoms in total. The first-order valence-electron chi connectivity index (χ1n) is 7.56. The molecule has 0 aromatic heterocycles. The molecule has 0 amide bonds. The van der Waals surface area contributed by atoms with Gasteiger partial charge >= 0.3 is 0 Å². The van der Waals surface area contributed by atoms with E-state index < -0.39 is 5.41 Å². The van der Waals surface area contributed by atoms with Crippen LogP contribution in [0, 0.1) is 5.41 Å². The van der Waals surface area contributed by atoms with Gasteiger partial charge in [-0.15, -0.1) is 0 Å². The highest BCUT2D eigenvalue weighted by Crippen LogP contribution is 2.29. The van der Waals surface area contributed by atoms with Crippen LogP contribution in [0.25, 0.3) is 0 Å². The van der Waals surface area contributed by atoms with E-state index in [1.54, 1.807) is 18.2 Å². The molecular formula is C17H23O4Si2. The minimum atomic E-state index is -0.515. The third-order valence-electron chi connectivity index (χ3n) is 3.35. The van der Waals surface area contributed by atoms with E-state index in [2.05, 4.69) is 9.76 Å². The van der Waals surface area contributed by atoms with Crippen LogP contribution in [-0.4, -0.2) is 44.1 Å². The van der Waals surface area contributed by atoms with Gasteiger partial charge in [0.05, 0.1) is 20.1 Å². The predicted octanol–water partition coefficient (Wildman–Crippen LogP) is 2.86. The lowest BCUT2D eigenvalue weighted by Gasteiger charge is -2.16. The zero-order valence-corrected chi connectivity index (χ0v) is 16.2. The Morgan fingerprint density at radius 2 is 1.91 bits per heavy atom. The maximum atomic E-state index is 12.3. The maximum Gasteiger partial charge on any atom is 0.170 e. The molecule has 0 aliphatic heterocycles. The largest absolute Gasteiger partial charge is 0.493 e. The van der Waals surface area contributed by atoms with E-state index in [0.717, 1.165) is 21.5 Å². The van der Waals surface area contributed by atoms with Gasteiger partial charge < -0.3 is 9.47 Å². The Morgan fingerprint density at radius 1 is 1.22 bits per heavy atom. The fourth-order valence-corrected chi connectivity index (χ4v) is 2.67. The predicted molar refractivity (Wildman–Crippen MR) is 92.8 cm³/mol. The quantitative estimate of drug-likeness (QED) is 0.298. The number of carbonyl (C=O) groups excluding carboxylic acids is 2. The van der Waals surface area contributed by atoms with Gasteiger partial charge in [0.2, 0.25) is 0 Å². The molecule has 0 aliphatic carbocycles. The SMILES string of the molecule is COc1cc(C(=O)CC(=O)C(C)(C)C)ccc1OCCC[Si][Si]. The van der Waals surface area contributed by atoms with Crippen molar-refractivity contribution in [2.24, 2.45) is 5.41 Å². The molecule has 23 heavy (non-hydrogen) atoms. The Bertz CT molecular complexity index is 550. The average Bonchev–Trinajstić information content (AvgIpc) is 2.50. The van der Waals surface area contributed by atoms with Crippen molar-refractivity contribution < 1.29 is 19.1 Å². The third-order valence-corrected chi connectivity index (χ3v) is 4.70. The molecule has 5 radical (unpaired) electrons. The summed E-state index contributed by atoms with van der Waals surface area (Å²) < 4.78 is 11.0. The summed E-state index contributed by atoms with van der Waals surface area (Å²) in [5.74, 6) is 0.857. The van der Waals surface area contributed by atoms with Crippen LogP contribution < -0.4 is 9.47 Å². The molecule has 0 saturated heterocycles. The van der Waals surface area contributed by atoms with Crippen LogP contribution in [0.4, 0.5) is 0 Å². The Balaban J connectivity index is 2.78. The molecule has 0 aliphatic rings. The lowest BCUT2D eigenvalue weighted by Crippen LogP contribution is -2.23. The molecule has 1 aromatic rings. The van der Waals surface area contributed by atoms with Crippen molar-refractivity contribution >= 4 is 30.4 Å². The van der Waals surface area contributed by atoms with Gasteiger partial charge in [-0.3, -0.25) is 9.59 Å². The first-order valence-corrected chi connectivity index (χ1v) is 10.3. The summed E-state index contributed by atoms with van der Waals surface area (Å²) in [6.45, 7) is 6.04. The van der Waals surface area contributed by atoms with E-state index in [-0.39, 0.29) is 18.0 Å². The van der Waals surface area contributed by atoms with Crippen molar-refractivity contribution in [1.82, 2.24) is 0 Å². The van der Waals surface area contributed by atoms with Gasteiger partial charge in [-0.1, -0.05) is 26.8 Å². The van der Waals surface area contributed by atoms with Crippen molar-refractivity contribution in [3.63, 3.8) is 0 Å². The minimum absolute atomic E-state index is 0.0720. The Morgan fingerprint density at radius 3 is 2.48 bits per heavy atom. The summed E-state index contributed by atoms with van der Waals surface area (Å²) in [6.07, 6.45) is 0.852. The molecule has 6 heteroatoms. The van der Waals surface area contributed by atoms with E-state index in [4.69, 9.17) is 9.47 Å². The van der Waals surface area contributed by atoms with Gasteiger partial charge in [0.15, 0.2) is 17.3 Å². The van der Waals surface area contributed by atoms with Crippen molar-refractivity contribution in [2.45, 2.75) is 39.7 Å². The molecule has 123 valence electrons. The monoisotopic (exact) mass is 347 g/mol. The van der Waals surface area contributed by atoms with Crippen molar-refractivity contribution in [1.29, 1.82) is 0 Å². The second-order valence-corrected chi connectivity index (χ2v) is 8.18. The van der Waals surface area contributed by atoms with Crippen molar-refractivity contribution in [3.05, 3.63) is 23.8 Å². The zero-order chi connectivity index (χ0) is 17.5. The normalized spacial score (nSPS) is 11.2. The smallest absolute Gasteiger partial charge is 0.170 e. The maximum absolute atomic E-state index is 12.3. The second-order valence-electron chi connectivity index (χ2n) is 6.27. The summed E-state index contributed by atoms with van der Waals surface area (Å²) in [4.78, 5) is 24.3. The summed E-state index contributed by atoms with van der Waals surface area (Å²) in [6, 6.07) is 6.11. The molecule has 0 spiro atoms. The van der Waals surface area contributed by atoms with Crippen LogP contribution in [0.5, 0.6) is 11.5 Å². The third kappa shape index (κ3) is 6.31. The van der Waals surface area contributed by atoms with Crippen LogP contribution >= 0.6 is 0 Å². The molecule has 0 N–H and O–H groups in total. The van der Waals surface area contributed by atoms with Gasteiger partial charge in [-0.25, -0.2) is 0 Å². The number of carbonyl (C=O) groups is 2. The zero-order valence-electron chi connectivity index (χ0n) is 14.2. The van der Waals surface area contributed by atoms with E-state index in [9.17, 15) is 9.59 Å². The number of methoxy groups -OCH3 is 1. The van der Waals surface area contributed by atoms with Gasteiger partial charge in [0.1, 0.15) is 5.78 Å². The first kappa shape index (κ1) is 19.6. The molecule has 0 saturated carbocycles. The van der Waals surface area contributed by atoms with E-state index >= 15 is 0 Å². The number of hydrogen-bond donors (Lipinski definition) is 0. The van der Waals surface area contributed by atoms with Gasteiger partial charge in [-0.05, 0) is 24.6 Å². The number of rotatable bonds is 9. The Kier molecular flexibility index (Phi) is 7.71. The first-order chi connectivity index (χ1) is 10.8. The van der Waals surface area contributed by atoms with Gasteiger partial charge in [0.25, 0.3) is 0 Å². The standard InChI is InChI=1S/C17H23O4Si2/c1-17(2,3)16(19)11-13(18)12-6-7-14(15(10-12)20-4)21-8-5-9-23-22/h6-7,10H,5,8-9,11H2,1-4H3. The van der Waals surface area contributed by atoms with Gasteiger partial charge in [0, 0.05) is 29.8 Å². The highest BCUT2D eigenvalue weighted by molar-refractivity contribution is 6.89. The van der Waals surface area contributed by atoms with E-state index in [0.29, 0.717) is 23.7 Å². The minimum Gasteiger partial charge on any atom is -0.493 e. The molecule has 1 aromatic carbocycles. The molecule has 0 atom stereocenters. The van der Waals surface area contributed by atoms with E-state index in [1.165, 1.54) is 7.11 Å². The van der Waals surface area contributed by atoms with Crippen molar-refractivity contribution in [3.8, 4) is 11.5 Å². The molecule has 0 unspecified atom stereocenters. The Labute approximate surface area is 144 Å². The number of hydrogen-bond acceptors (Lipinski definition) is 4. The molecule has 0 fully saturated rings. The highest BCUT2D eigenvalue weighted by Gasteiger charge is 2.24. The summed E-state index contributed by atoms with van der Waals surface area (Å²) in [5.41, 5.74) is -0.0490. The molecule has 1 rings (SSSR count). The highest BCUT2D eigenvalue weighted by atomic mass is 29.1. The van der Waals surface area contributed by atoms with Crippen molar-refractivity contribution in [2.75, 3.05) is 13.7 Å². The van der Waals surface area contributed by atoms with E-state index in [1.807, 2.05) is 20.8 Å². The topological polar surface area (TPSA) is 52.6 Å². The van der Waals surface area contributed by atoms with Crippen LogP contribution in [0.2, 0.25) is 6.04 Å². The molecular weight excluding hydrogens is 324 g/mol. The van der Waals surface area contributed by atoms with Crippen LogP contribution in [0.3, 0.4) is 0 Å². The average molecular weight is 348 g/mol. The number of benzene rings is 1. The van der Waals surface area contributed by atoms with Gasteiger partial charge in [-0.2, -0.15) is 0 Å². The summed E-state index contributed by atoms with van der Waals surface area (Å²) in [7, 11) is 5.72. The summed E-state index contributed by atoms with van der Waals surface area (Å²) >= 11 is 0. The fourth-order valence-electron chi connectivity index (χ4n) is 1.82. The molecule has 0 heterocycles. The van der Waals surface area contributed by atoms with Crippen LogP contribution in [-0.2, 0) is 4.79 Å². The second kappa shape index (κ2) is 9.03. The van der Waals surface area contributed by atoms with Crippen LogP contribution in [0.15, 0.2) is 18.2 Å². The number of Topliss-reactive ketones (excluding diaryl/α,β-unsaturated/α-hetero) is 2. The van der Waals surface area contributed by atoms with Crippen LogP contribution in [0.1, 0.15) is 44.0 Å². The number of ketones is 2. The lowest BCUT2D eigenvalue weighted by atomic mass is 9.87. The number of ether oxygens (including phenoxy) is 2. The molecule has 0 bridgehead atoms. The lowest BCUT2D eigenvalue weighted by molar-refractivity contribution is -0.125.